The van der Waals surface area contributed by atoms with Crippen molar-refractivity contribution in [3.05, 3.63) is 23.8 Å². The second-order valence-corrected chi connectivity index (χ2v) is 6.01. The van der Waals surface area contributed by atoms with Gasteiger partial charge < -0.3 is 14.8 Å². The summed E-state index contributed by atoms with van der Waals surface area (Å²) in [5, 5.41) is 3.54. The Morgan fingerprint density at radius 1 is 1.11 bits per heavy atom. The topological polar surface area (TPSA) is 33.7 Å². The minimum absolute atomic E-state index is 0.359. The Bertz CT molecular complexity index is 465. The van der Waals surface area contributed by atoms with E-state index in [1.165, 1.54) is 38.2 Å². The molecule has 0 radical (unpaired) electrons. The number of fused-ring (bicyclic) bond motifs is 3. The Balaban J connectivity index is 1.46. The lowest BCUT2D eigenvalue weighted by Gasteiger charge is -2.41. The molecular formula is C15H20N2O2. The van der Waals surface area contributed by atoms with Crippen molar-refractivity contribution in [2.24, 2.45) is 11.8 Å². The predicted molar refractivity (Wildman–Crippen MR) is 72.3 cm³/mol. The molecule has 1 aromatic carbocycles. The van der Waals surface area contributed by atoms with Crippen molar-refractivity contribution in [2.75, 3.05) is 33.0 Å². The summed E-state index contributed by atoms with van der Waals surface area (Å²) in [4.78, 5) is 2.59. The molecule has 4 nitrogen and oxygen atoms in total. The summed E-state index contributed by atoms with van der Waals surface area (Å²) in [7, 11) is 0. The molecule has 2 unspecified atom stereocenters. The maximum absolute atomic E-state index is 5.45. The molecule has 2 saturated heterocycles. The monoisotopic (exact) mass is 260 g/mol. The van der Waals surface area contributed by atoms with E-state index in [2.05, 4.69) is 22.3 Å². The van der Waals surface area contributed by atoms with Crippen molar-refractivity contribution in [3.8, 4) is 11.5 Å². The first-order chi connectivity index (χ1) is 9.37. The molecule has 2 fully saturated rings. The smallest absolute Gasteiger partial charge is 0.231 e. The highest BCUT2D eigenvalue weighted by Crippen LogP contribution is 2.33. The summed E-state index contributed by atoms with van der Waals surface area (Å²) in [6.07, 6.45) is 1.41. The molecule has 0 aromatic heterocycles. The molecular weight excluding hydrogens is 240 g/mol. The van der Waals surface area contributed by atoms with Gasteiger partial charge in [0.25, 0.3) is 0 Å². The summed E-state index contributed by atoms with van der Waals surface area (Å²) in [6, 6.07) is 6.32. The van der Waals surface area contributed by atoms with Gasteiger partial charge in [-0.3, -0.25) is 4.90 Å². The molecule has 102 valence electrons. The summed E-state index contributed by atoms with van der Waals surface area (Å²) >= 11 is 0. The van der Waals surface area contributed by atoms with Crippen LogP contribution in [0.3, 0.4) is 0 Å². The van der Waals surface area contributed by atoms with E-state index in [4.69, 9.17) is 9.47 Å². The van der Waals surface area contributed by atoms with Gasteiger partial charge in [0.1, 0.15) is 0 Å². The van der Waals surface area contributed by atoms with E-state index in [0.29, 0.717) is 6.79 Å². The van der Waals surface area contributed by atoms with Crippen molar-refractivity contribution in [1.82, 2.24) is 10.2 Å². The Hall–Kier alpha value is -1.26. The zero-order chi connectivity index (χ0) is 12.7. The molecule has 3 heterocycles. The fraction of sp³-hybridized carbons (Fsp3) is 0.600. The van der Waals surface area contributed by atoms with Gasteiger partial charge in [-0.25, -0.2) is 0 Å². The van der Waals surface area contributed by atoms with E-state index in [0.717, 1.165) is 29.9 Å². The Labute approximate surface area is 113 Å². The summed E-state index contributed by atoms with van der Waals surface area (Å²) in [6.45, 7) is 6.21. The van der Waals surface area contributed by atoms with Crippen molar-refractivity contribution in [1.29, 1.82) is 0 Å². The number of nitrogens with zero attached hydrogens (tertiary/aromatic N) is 1. The van der Waals surface area contributed by atoms with E-state index in [1.807, 2.05) is 6.07 Å². The van der Waals surface area contributed by atoms with Crippen LogP contribution in [0, 0.1) is 11.8 Å². The number of hydrogen-bond donors (Lipinski definition) is 1. The van der Waals surface area contributed by atoms with Crippen LogP contribution in [0.4, 0.5) is 0 Å². The van der Waals surface area contributed by atoms with E-state index < -0.39 is 0 Å². The highest BCUT2D eigenvalue weighted by molar-refractivity contribution is 5.44. The maximum Gasteiger partial charge on any atom is 0.231 e. The van der Waals surface area contributed by atoms with Crippen molar-refractivity contribution < 1.29 is 9.47 Å². The Morgan fingerprint density at radius 3 is 2.74 bits per heavy atom. The van der Waals surface area contributed by atoms with Crippen molar-refractivity contribution in [2.45, 2.75) is 13.0 Å². The second-order valence-electron chi connectivity index (χ2n) is 6.01. The van der Waals surface area contributed by atoms with Crippen LogP contribution < -0.4 is 14.8 Å². The van der Waals surface area contributed by atoms with Gasteiger partial charge in [-0.05, 0) is 49.0 Å². The van der Waals surface area contributed by atoms with Crippen molar-refractivity contribution in [3.63, 3.8) is 0 Å². The number of nitrogens with one attached hydrogen (secondary N) is 1. The van der Waals surface area contributed by atoms with Crippen molar-refractivity contribution >= 4 is 0 Å². The molecule has 4 heteroatoms. The minimum atomic E-state index is 0.359. The molecule has 19 heavy (non-hydrogen) atoms. The number of likely N-dealkylation sites (tertiary alicyclic amines) is 1. The molecule has 2 atom stereocenters. The Kier molecular flexibility index (Phi) is 2.85. The average molecular weight is 260 g/mol. The van der Waals surface area contributed by atoms with E-state index in [9.17, 15) is 0 Å². The first kappa shape index (κ1) is 11.6. The van der Waals surface area contributed by atoms with Gasteiger partial charge in [0, 0.05) is 19.6 Å². The van der Waals surface area contributed by atoms with Crippen LogP contribution in [-0.2, 0) is 6.54 Å². The molecule has 0 spiro atoms. The fourth-order valence-electron chi connectivity index (χ4n) is 3.64. The molecule has 0 aliphatic carbocycles. The number of rotatable bonds is 2. The standard InChI is InChI=1S/C15H20N2O2/c1-2-14-15(19-10-18-14)4-11(1)7-17-8-12-3-13(9-17)6-16-5-12/h1-2,4,12-13,16H,3,5-10H2. The van der Waals surface area contributed by atoms with Gasteiger partial charge >= 0.3 is 0 Å². The normalized spacial score (nSPS) is 29.5. The molecule has 2 bridgehead atoms. The zero-order valence-corrected chi connectivity index (χ0v) is 11.1. The highest BCUT2D eigenvalue weighted by Gasteiger charge is 2.30. The Morgan fingerprint density at radius 2 is 1.89 bits per heavy atom. The van der Waals surface area contributed by atoms with Crippen LogP contribution in [0.1, 0.15) is 12.0 Å². The van der Waals surface area contributed by atoms with Gasteiger partial charge in [0.2, 0.25) is 6.79 Å². The summed E-state index contributed by atoms with van der Waals surface area (Å²) in [5.74, 6) is 3.45. The number of benzene rings is 1. The second kappa shape index (κ2) is 4.69. The third-order valence-corrected chi connectivity index (χ3v) is 4.41. The first-order valence-corrected chi connectivity index (χ1v) is 7.18. The van der Waals surface area contributed by atoms with Crippen LogP contribution in [0.5, 0.6) is 11.5 Å². The fourth-order valence-corrected chi connectivity index (χ4v) is 3.64. The minimum Gasteiger partial charge on any atom is -0.454 e. The molecule has 3 aliphatic rings. The van der Waals surface area contributed by atoms with Crippen LogP contribution in [0.25, 0.3) is 0 Å². The number of ether oxygens (including phenoxy) is 2. The van der Waals surface area contributed by atoms with Crippen LogP contribution in [0.2, 0.25) is 0 Å². The van der Waals surface area contributed by atoms with E-state index in [-0.39, 0.29) is 0 Å². The molecule has 1 aromatic rings. The molecule has 0 saturated carbocycles. The molecule has 3 aliphatic heterocycles. The van der Waals surface area contributed by atoms with Gasteiger partial charge in [-0.1, -0.05) is 6.07 Å². The lowest BCUT2D eigenvalue weighted by atomic mass is 9.85. The lowest BCUT2D eigenvalue weighted by molar-refractivity contribution is 0.0917. The SMILES string of the molecule is c1cc2c(cc1CN1CC3CNCC(C3)C1)OCO2. The molecule has 1 N–H and O–H groups in total. The van der Waals surface area contributed by atoms with Gasteiger partial charge in [-0.15, -0.1) is 0 Å². The van der Waals surface area contributed by atoms with Crippen LogP contribution in [0.15, 0.2) is 18.2 Å². The largest absolute Gasteiger partial charge is 0.454 e. The van der Waals surface area contributed by atoms with Gasteiger partial charge in [0.05, 0.1) is 0 Å². The van der Waals surface area contributed by atoms with Crippen LogP contribution in [-0.4, -0.2) is 37.9 Å². The number of hydrogen-bond acceptors (Lipinski definition) is 4. The van der Waals surface area contributed by atoms with Gasteiger partial charge in [0.15, 0.2) is 11.5 Å². The first-order valence-electron chi connectivity index (χ1n) is 7.18. The lowest BCUT2D eigenvalue weighted by Crippen LogP contribution is -2.50. The average Bonchev–Trinajstić information content (AvgIpc) is 2.85. The summed E-state index contributed by atoms with van der Waals surface area (Å²) < 4.78 is 10.8. The molecule has 0 amide bonds. The third-order valence-electron chi connectivity index (χ3n) is 4.41. The predicted octanol–water partition coefficient (Wildman–Crippen LogP) is 1.46. The summed E-state index contributed by atoms with van der Waals surface area (Å²) in [5.41, 5.74) is 1.33. The maximum atomic E-state index is 5.45. The van der Waals surface area contributed by atoms with E-state index in [1.54, 1.807) is 0 Å². The number of piperidine rings is 2. The quantitative estimate of drug-likeness (QED) is 0.873. The molecule has 4 rings (SSSR count). The van der Waals surface area contributed by atoms with Crippen LogP contribution >= 0.6 is 0 Å². The van der Waals surface area contributed by atoms with E-state index >= 15 is 0 Å². The highest BCUT2D eigenvalue weighted by atomic mass is 16.7. The van der Waals surface area contributed by atoms with Gasteiger partial charge in [-0.2, -0.15) is 0 Å². The zero-order valence-electron chi connectivity index (χ0n) is 11.1. The third kappa shape index (κ3) is 2.30.